The first-order chi connectivity index (χ1) is 5.43. The fraction of sp³-hybridized carbons (Fsp3) is 0.500. The van der Waals surface area contributed by atoms with Gasteiger partial charge in [0.2, 0.25) is 0 Å². The van der Waals surface area contributed by atoms with E-state index in [0.717, 1.165) is 5.19 Å². The lowest BCUT2D eigenvalue weighted by Crippen LogP contribution is -2.50. The van der Waals surface area contributed by atoms with E-state index in [-0.39, 0.29) is 5.56 Å². The second kappa shape index (κ2) is 2.86. The van der Waals surface area contributed by atoms with Crippen LogP contribution in [0, 0.1) is 0 Å². The van der Waals surface area contributed by atoms with Crippen LogP contribution in [0.15, 0.2) is 17.1 Å². The van der Waals surface area contributed by atoms with Crippen LogP contribution >= 0.6 is 0 Å². The Morgan fingerprint density at radius 3 is 2.42 bits per heavy atom. The van der Waals surface area contributed by atoms with Crippen molar-refractivity contribution in [2.45, 2.75) is 19.6 Å². The highest BCUT2D eigenvalue weighted by atomic mass is 28.3. The van der Waals surface area contributed by atoms with Crippen molar-refractivity contribution in [1.82, 2.24) is 9.78 Å². The summed E-state index contributed by atoms with van der Waals surface area (Å²) in [6.45, 7) is 6.47. The number of aryl methyl sites for hydroxylation is 1. The van der Waals surface area contributed by atoms with Crippen LogP contribution in [-0.4, -0.2) is 17.9 Å². The number of rotatable bonds is 1. The normalized spacial score (nSPS) is 11.7. The minimum Gasteiger partial charge on any atom is -0.268 e. The molecule has 0 aromatic carbocycles. The fourth-order valence-electron chi connectivity index (χ4n) is 1.08. The van der Waals surface area contributed by atoms with Crippen molar-refractivity contribution in [2.75, 3.05) is 0 Å². The molecule has 0 saturated heterocycles. The smallest absolute Gasteiger partial charge is 0.265 e. The highest BCUT2D eigenvalue weighted by molar-refractivity contribution is 6.88. The van der Waals surface area contributed by atoms with Gasteiger partial charge in [-0.3, -0.25) is 4.79 Å². The molecule has 4 heteroatoms. The van der Waals surface area contributed by atoms with Gasteiger partial charge >= 0.3 is 0 Å². The van der Waals surface area contributed by atoms with Crippen molar-refractivity contribution in [3.05, 3.63) is 22.6 Å². The molecule has 0 spiro atoms. The Labute approximate surface area is 73.1 Å². The lowest BCUT2D eigenvalue weighted by Gasteiger charge is -2.15. The van der Waals surface area contributed by atoms with Gasteiger partial charge in [0.25, 0.3) is 5.56 Å². The van der Waals surface area contributed by atoms with E-state index in [2.05, 4.69) is 24.7 Å². The predicted molar refractivity (Wildman–Crippen MR) is 52.5 cm³/mol. The molecule has 1 rings (SSSR count). The second-order valence-electron chi connectivity index (χ2n) is 3.92. The van der Waals surface area contributed by atoms with Crippen LogP contribution < -0.4 is 10.7 Å². The molecule has 12 heavy (non-hydrogen) atoms. The van der Waals surface area contributed by atoms with Crippen LogP contribution in [0.4, 0.5) is 0 Å². The van der Waals surface area contributed by atoms with Crippen LogP contribution in [0.1, 0.15) is 0 Å². The van der Waals surface area contributed by atoms with Crippen LogP contribution in [-0.2, 0) is 7.05 Å². The van der Waals surface area contributed by atoms with E-state index in [1.807, 2.05) is 6.07 Å². The van der Waals surface area contributed by atoms with Gasteiger partial charge in [-0.25, -0.2) is 4.68 Å². The summed E-state index contributed by atoms with van der Waals surface area (Å²) in [5.41, 5.74) is 0.0525. The molecule has 0 bridgehead atoms. The molecule has 1 aromatic heterocycles. The molecule has 0 radical (unpaired) electrons. The standard InChI is InChI=1S/C8H14N2OSi/c1-10-8(11)7(5-6-9-10)12(2,3)4/h5-6H,1-4H3. The van der Waals surface area contributed by atoms with Crippen LogP contribution in [0.3, 0.4) is 0 Å². The van der Waals surface area contributed by atoms with Gasteiger partial charge in [-0.1, -0.05) is 19.6 Å². The molecule has 0 atom stereocenters. The third kappa shape index (κ3) is 1.64. The van der Waals surface area contributed by atoms with Crippen molar-refractivity contribution < 1.29 is 0 Å². The van der Waals surface area contributed by atoms with E-state index in [0.29, 0.717) is 0 Å². The number of aromatic nitrogens is 2. The summed E-state index contributed by atoms with van der Waals surface area (Å²) in [5.74, 6) is 0. The third-order valence-corrected chi connectivity index (χ3v) is 3.81. The minimum atomic E-state index is -1.48. The van der Waals surface area contributed by atoms with Crippen LogP contribution in [0.25, 0.3) is 0 Å². The van der Waals surface area contributed by atoms with Crippen molar-refractivity contribution in [1.29, 1.82) is 0 Å². The fourth-order valence-corrected chi connectivity index (χ4v) is 2.45. The first-order valence-corrected chi connectivity index (χ1v) is 7.46. The average Bonchev–Trinajstić information content (AvgIpc) is 1.92. The molecule has 0 aliphatic rings. The van der Waals surface area contributed by atoms with E-state index < -0.39 is 8.07 Å². The van der Waals surface area contributed by atoms with E-state index >= 15 is 0 Å². The maximum Gasteiger partial charge on any atom is 0.265 e. The van der Waals surface area contributed by atoms with Gasteiger partial charge < -0.3 is 0 Å². The van der Waals surface area contributed by atoms with Gasteiger partial charge in [0.05, 0.1) is 8.07 Å². The minimum absolute atomic E-state index is 0.0525. The van der Waals surface area contributed by atoms with E-state index in [4.69, 9.17) is 0 Å². The van der Waals surface area contributed by atoms with Crippen molar-refractivity contribution in [3.8, 4) is 0 Å². The summed E-state index contributed by atoms with van der Waals surface area (Å²) < 4.78 is 1.40. The summed E-state index contributed by atoms with van der Waals surface area (Å²) >= 11 is 0. The maximum absolute atomic E-state index is 11.6. The molecule has 0 saturated carbocycles. The topological polar surface area (TPSA) is 34.9 Å². The van der Waals surface area contributed by atoms with Gasteiger partial charge in [0.15, 0.2) is 0 Å². The number of hydrogen-bond acceptors (Lipinski definition) is 2. The van der Waals surface area contributed by atoms with Gasteiger partial charge in [0, 0.05) is 18.4 Å². The zero-order valence-electron chi connectivity index (χ0n) is 7.96. The summed E-state index contributed by atoms with van der Waals surface area (Å²) in [6.07, 6.45) is 1.69. The Kier molecular flexibility index (Phi) is 2.19. The molecule has 66 valence electrons. The Morgan fingerprint density at radius 1 is 1.42 bits per heavy atom. The first-order valence-electron chi connectivity index (χ1n) is 3.96. The quantitative estimate of drug-likeness (QED) is 0.586. The Balaban J connectivity index is 3.37. The largest absolute Gasteiger partial charge is 0.268 e. The first kappa shape index (κ1) is 9.19. The third-order valence-electron chi connectivity index (χ3n) is 1.81. The van der Waals surface area contributed by atoms with Crippen molar-refractivity contribution >= 4 is 13.3 Å². The predicted octanol–water partition coefficient (Wildman–Crippen LogP) is 0.325. The second-order valence-corrected chi connectivity index (χ2v) is 8.96. The lowest BCUT2D eigenvalue weighted by atomic mass is 10.6. The Hall–Kier alpha value is -0.903. The summed E-state index contributed by atoms with van der Waals surface area (Å²) in [4.78, 5) is 11.6. The van der Waals surface area contributed by atoms with Crippen LogP contribution in [0.2, 0.25) is 19.6 Å². The van der Waals surface area contributed by atoms with Crippen molar-refractivity contribution in [3.63, 3.8) is 0 Å². The lowest BCUT2D eigenvalue weighted by molar-refractivity contribution is 0.712. The zero-order chi connectivity index (χ0) is 9.35. The van der Waals surface area contributed by atoms with E-state index in [1.54, 1.807) is 13.2 Å². The highest BCUT2D eigenvalue weighted by Crippen LogP contribution is 1.96. The average molecular weight is 182 g/mol. The zero-order valence-corrected chi connectivity index (χ0v) is 8.96. The molecule has 0 aliphatic carbocycles. The molecule has 0 amide bonds. The van der Waals surface area contributed by atoms with E-state index in [9.17, 15) is 4.79 Å². The van der Waals surface area contributed by atoms with Gasteiger partial charge in [-0.05, 0) is 6.07 Å². The summed E-state index contributed by atoms with van der Waals surface area (Å²) in [7, 11) is 0.204. The van der Waals surface area contributed by atoms with Crippen molar-refractivity contribution in [2.24, 2.45) is 7.05 Å². The highest BCUT2D eigenvalue weighted by Gasteiger charge is 2.20. The molecule has 0 fully saturated rings. The van der Waals surface area contributed by atoms with Gasteiger partial charge in [-0.2, -0.15) is 5.10 Å². The SMILES string of the molecule is Cn1nccc([Si](C)(C)C)c1=O. The molecule has 0 N–H and O–H groups in total. The summed E-state index contributed by atoms with van der Waals surface area (Å²) in [5, 5.41) is 4.82. The molecule has 0 unspecified atom stereocenters. The van der Waals surface area contributed by atoms with Crippen LogP contribution in [0.5, 0.6) is 0 Å². The van der Waals surface area contributed by atoms with E-state index in [1.165, 1.54) is 4.68 Å². The number of hydrogen-bond donors (Lipinski definition) is 0. The molecular weight excluding hydrogens is 168 g/mol. The maximum atomic E-state index is 11.6. The summed E-state index contributed by atoms with van der Waals surface area (Å²) in [6, 6.07) is 1.84. The number of nitrogens with zero attached hydrogens (tertiary/aromatic N) is 2. The monoisotopic (exact) mass is 182 g/mol. The Bertz CT molecular complexity index is 338. The van der Waals surface area contributed by atoms with Gasteiger partial charge in [0.1, 0.15) is 0 Å². The molecule has 3 nitrogen and oxygen atoms in total. The molecule has 0 aliphatic heterocycles. The molecule has 1 heterocycles. The molecular formula is C8H14N2OSi. The molecule has 1 aromatic rings. The van der Waals surface area contributed by atoms with Gasteiger partial charge in [-0.15, -0.1) is 0 Å². The Morgan fingerprint density at radius 2 is 2.00 bits per heavy atom.